The van der Waals surface area contributed by atoms with Crippen LogP contribution in [0.15, 0.2) is 23.3 Å². The van der Waals surface area contributed by atoms with E-state index in [1.165, 1.54) is 11.1 Å². The Morgan fingerprint density at radius 1 is 1.32 bits per heavy atom. The predicted octanol–water partition coefficient (Wildman–Crippen LogP) is 3.20. The van der Waals surface area contributed by atoms with Crippen molar-refractivity contribution >= 4 is 43.6 Å². The minimum Gasteiger partial charge on any atom is -0.308 e. The molecule has 1 aromatic carbocycles. The highest BCUT2D eigenvalue weighted by Gasteiger charge is 2.66. The van der Waals surface area contributed by atoms with Crippen molar-refractivity contribution in [2.75, 3.05) is 14.1 Å². The normalized spacial score (nSPS) is 23.1. The van der Waals surface area contributed by atoms with Crippen molar-refractivity contribution in [1.82, 2.24) is 10.3 Å². The molecule has 22 heavy (non-hydrogen) atoms. The maximum Gasteiger partial charge on any atom is 0.233 e. The summed E-state index contributed by atoms with van der Waals surface area (Å²) in [4.78, 5) is 12.4. The quantitative estimate of drug-likeness (QED) is 0.341. The number of benzene rings is 1. The Hall–Kier alpha value is -1.02. The van der Waals surface area contributed by atoms with Gasteiger partial charge in [0, 0.05) is 14.1 Å². The maximum absolute atomic E-state index is 14.0. The zero-order chi connectivity index (χ0) is 16.7. The summed E-state index contributed by atoms with van der Waals surface area (Å²) in [5.74, 6) is -2.10. The van der Waals surface area contributed by atoms with Crippen molar-refractivity contribution in [1.29, 1.82) is 0 Å². The molecular formula is C14H15Br2F2N3O. The minimum absolute atomic E-state index is 0.158. The van der Waals surface area contributed by atoms with Crippen LogP contribution in [-0.2, 0) is 4.79 Å². The van der Waals surface area contributed by atoms with Crippen molar-refractivity contribution in [3.63, 3.8) is 0 Å². The number of nitrogens with zero attached hydrogens (tertiary/aromatic N) is 2. The lowest BCUT2D eigenvalue weighted by Crippen LogP contribution is -2.39. The van der Waals surface area contributed by atoms with Gasteiger partial charge in [0.05, 0.1) is 14.2 Å². The van der Waals surface area contributed by atoms with Gasteiger partial charge >= 0.3 is 0 Å². The number of hydrazone groups is 1. The molecule has 4 nitrogen and oxygen atoms in total. The molecule has 1 unspecified atom stereocenters. The standard InChI is InChI=1S/C14H15Br2F2N3O/c1-13(7-14(13,15)16)12(22)19-11(20-21(2)3)10-8(17)5-4-6-9(10)18/h4-6H,7H2,1-3H3,(H,19,20,22). The number of carbonyl (C=O) groups is 1. The van der Waals surface area contributed by atoms with E-state index in [0.29, 0.717) is 6.42 Å². The van der Waals surface area contributed by atoms with E-state index in [2.05, 4.69) is 42.3 Å². The van der Waals surface area contributed by atoms with Crippen molar-refractivity contribution < 1.29 is 13.6 Å². The van der Waals surface area contributed by atoms with Gasteiger partial charge in [0.1, 0.15) is 11.6 Å². The van der Waals surface area contributed by atoms with Crippen LogP contribution in [0.3, 0.4) is 0 Å². The topological polar surface area (TPSA) is 44.7 Å². The second kappa shape index (κ2) is 5.88. The maximum atomic E-state index is 14.0. The van der Waals surface area contributed by atoms with Gasteiger partial charge in [-0.15, -0.1) is 0 Å². The van der Waals surface area contributed by atoms with E-state index < -0.39 is 20.3 Å². The molecule has 120 valence electrons. The molecular weight excluding hydrogens is 424 g/mol. The molecule has 1 aromatic rings. The molecule has 1 aliphatic rings. The molecule has 0 saturated heterocycles. The summed E-state index contributed by atoms with van der Waals surface area (Å²) in [6.45, 7) is 1.75. The first-order valence-corrected chi connectivity index (χ1v) is 8.07. The number of hydrogen-bond donors (Lipinski definition) is 1. The summed E-state index contributed by atoms with van der Waals surface area (Å²) < 4.78 is 27.4. The van der Waals surface area contributed by atoms with Gasteiger partial charge < -0.3 is 10.3 Å². The Morgan fingerprint density at radius 3 is 2.23 bits per heavy atom. The van der Waals surface area contributed by atoms with Crippen LogP contribution >= 0.6 is 31.9 Å². The van der Waals surface area contributed by atoms with E-state index in [-0.39, 0.29) is 17.3 Å². The van der Waals surface area contributed by atoms with Gasteiger partial charge in [-0.05, 0) is 25.5 Å². The fourth-order valence-corrected chi connectivity index (χ4v) is 3.43. The Bertz CT molecular complexity index is 629. The zero-order valence-corrected chi connectivity index (χ0v) is 15.4. The highest BCUT2D eigenvalue weighted by Crippen LogP contribution is 2.66. The molecule has 1 fully saturated rings. The lowest BCUT2D eigenvalue weighted by Gasteiger charge is -2.17. The molecule has 0 aliphatic heterocycles. The van der Waals surface area contributed by atoms with Crippen LogP contribution in [0.25, 0.3) is 0 Å². The Kier molecular flexibility index (Phi) is 4.64. The zero-order valence-electron chi connectivity index (χ0n) is 12.3. The van der Waals surface area contributed by atoms with Crippen molar-refractivity contribution in [3.8, 4) is 0 Å². The molecule has 0 bridgehead atoms. The number of amides is 1. The monoisotopic (exact) mass is 437 g/mol. The summed E-state index contributed by atoms with van der Waals surface area (Å²) in [7, 11) is 3.20. The molecule has 2 rings (SSSR count). The molecule has 1 amide bonds. The van der Waals surface area contributed by atoms with Gasteiger partial charge in [-0.2, -0.15) is 5.10 Å². The summed E-state index contributed by atoms with van der Waals surface area (Å²) in [5.41, 5.74) is -1.08. The smallest absolute Gasteiger partial charge is 0.233 e. The first-order chi connectivity index (χ1) is 10.1. The Balaban J connectivity index is 2.36. The molecule has 1 saturated carbocycles. The molecule has 0 radical (unpaired) electrons. The van der Waals surface area contributed by atoms with Crippen LogP contribution < -0.4 is 5.32 Å². The molecule has 1 N–H and O–H groups in total. The van der Waals surface area contributed by atoms with Crippen LogP contribution in [0.1, 0.15) is 18.9 Å². The third-order valence-electron chi connectivity index (χ3n) is 3.49. The third-order valence-corrected chi connectivity index (χ3v) is 5.80. The second-order valence-corrected chi connectivity index (χ2v) is 9.33. The average molecular weight is 439 g/mol. The van der Waals surface area contributed by atoms with Gasteiger partial charge in [-0.1, -0.05) is 37.9 Å². The highest BCUT2D eigenvalue weighted by molar-refractivity contribution is 9.25. The van der Waals surface area contributed by atoms with Crippen LogP contribution in [0, 0.1) is 17.0 Å². The number of halogens is 4. The first kappa shape index (κ1) is 17.3. The summed E-state index contributed by atoms with van der Waals surface area (Å²) in [6, 6.07) is 3.50. The number of carbonyl (C=O) groups excluding carboxylic acids is 1. The highest BCUT2D eigenvalue weighted by atomic mass is 79.9. The number of rotatable bonds is 3. The average Bonchev–Trinajstić information content (AvgIpc) is 2.88. The van der Waals surface area contributed by atoms with Crippen LogP contribution in [0.4, 0.5) is 8.78 Å². The summed E-state index contributed by atoms with van der Waals surface area (Å²) in [5, 5.41) is 7.91. The summed E-state index contributed by atoms with van der Waals surface area (Å²) in [6.07, 6.45) is 0.556. The fraction of sp³-hybridized carbons (Fsp3) is 0.429. The van der Waals surface area contributed by atoms with Crippen molar-refractivity contribution in [3.05, 3.63) is 35.4 Å². The fourth-order valence-electron chi connectivity index (χ4n) is 1.95. The molecule has 0 heterocycles. The Morgan fingerprint density at radius 2 is 1.82 bits per heavy atom. The Labute approximate surface area is 144 Å². The molecule has 1 atom stereocenters. The SMILES string of the molecule is CN(C)/N=C(\NC(=O)C1(C)CC1(Br)Br)c1c(F)cccc1F. The van der Waals surface area contributed by atoms with Crippen LogP contribution in [0.2, 0.25) is 0 Å². The van der Waals surface area contributed by atoms with Crippen LogP contribution in [0.5, 0.6) is 0 Å². The predicted molar refractivity (Wildman–Crippen MR) is 88.0 cm³/mol. The van der Waals surface area contributed by atoms with E-state index >= 15 is 0 Å². The van der Waals surface area contributed by atoms with E-state index in [9.17, 15) is 13.6 Å². The number of amidine groups is 1. The third kappa shape index (κ3) is 3.17. The van der Waals surface area contributed by atoms with Gasteiger partial charge in [-0.3, -0.25) is 4.79 Å². The van der Waals surface area contributed by atoms with Crippen LogP contribution in [-0.4, -0.2) is 34.1 Å². The summed E-state index contributed by atoms with van der Waals surface area (Å²) >= 11 is 6.79. The van der Waals surface area contributed by atoms with E-state index in [0.717, 1.165) is 12.1 Å². The lowest BCUT2D eigenvalue weighted by molar-refractivity contribution is -0.124. The molecule has 1 aliphatic carbocycles. The van der Waals surface area contributed by atoms with Crippen molar-refractivity contribution in [2.45, 2.75) is 16.6 Å². The van der Waals surface area contributed by atoms with E-state index in [4.69, 9.17) is 0 Å². The van der Waals surface area contributed by atoms with E-state index in [1.54, 1.807) is 21.0 Å². The first-order valence-electron chi connectivity index (χ1n) is 6.48. The number of hydrogen-bond acceptors (Lipinski definition) is 3. The lowest BCUT2D eigenvalue weighted by atomic mass is 10.1. The van der Waals surface area contributed by atoms with Gasteiger partial charge in [-0.25, -0.2) is 8.78 Å². The molecule has 0 spiro atoms. The van der Waals surface area contributed by atoms with Crippen molar-refractivity contribution in [2.24, 2.45) is 10.5 Å². The minimum atomic E-state index is -0.786. The van der Waals surface area contributed by atoms with Gasteiger partial charge in [0.2, 0.25) is 5.91 Å². The van der Waals surface area contributed by atoms with E-state index in [1.807, 2.05) is 0 Å². The number of nitrogens with one attached hydrogen (secondary N) is 1. The van der Waals surface area contributed by atoms with Gasteiger partial charge in [0.15, 0.2) is 5.84 Å². The number of alkyl halides is 2. The molecule has 0 aromatic heterocycles. The second-order valence-electron chi connectivity index (χ2n) is 5.56. The molecule has 8 heteroatoms. The largest absolute Gasteiger partial charge is 0.308 e. The van der Waals surface area contributed by atoms with Gasteiger partial charge in [0.25, 0.3) is 0 Å².